The number of likely N-dealkylation sites (tertiary alicyclic amines) is 1. The maximum Gasteiger partial charge on any atom is 0.264 e. The molecule has 1 aliphatic heterocycles. The van der Waals surface area contributed by atoms with E-state index in [2.05, 4.69) is 11.8 Å². The van der Waals surface area contributed by atoms with Gasteiger partial charge in [0.25, 0.3) is 5.91 Å². The molecule has 0 spiro atoms. The predicted octanol–water partition coefficient (Wildman–Crippen LogP) is 0.997. The van der Waals surface area contributed by atoms with Crippen LogP contribution in [0.15, 0.2) is 6.07 Å². The van der Waals surface area contributed by atoms with Crippen LogP contribution in [0.4, 0.5) is 0 Å². The number of aliphatic hydroxyl groups excluding tert-OH is 2. The van der Waals surface area contributed by atoms with E-state index in [-0.39, 0.29) is 12.5 Å². The number of aryl methyl sites for hydroxylation is 1. The van der Waals surface area contributed by atoms with Crippen molar-refractivity contribution in [3.05, 3.63) is 21.4 Å². The standard InChI is InChI=1S/C14H17NO3S/c1-10-8-13(19-12(10)4-2-3-7-16)14(18)15-6-5-11(17)9-15/h8,11,16-17H,3,5-7,9H2,1H3. The van der Waals surface area contributed by atoms with Crippen molar-refractivity contribution >= 4 is 17.2 Å². The van der Waals surface area contributed by atoms with E-state index in [9.17, 15) is 9.90 Å². The SMILES string of the molecule is Cc1cc(C(=O)N2CCC(O)C2)sc1C#CCCO. The van der Waals surface area contributed by atoms with E-state index >= 15 is 0 Å². The Bertz CT molecular complexity index is 527. The topological polar surface area (TPSA) is 60.8 Å². The largest absolute Gasteiger partial charge is 0.395 e. The van der Waals surface area contributed by atoms with Gasteiger partial charge in [0.1, 0.15) is 0 Å². The van der Waals surface area contributed by atoms with E-state index in [0.29, 0.717) is 30.8 Å². The molecular weight excluding hydrogens is 262 g/mol. The Kier molecular flexibility index (Phi) is 4.59. The summed E-state index contributed by atoms with van der Waals surface area (Å²) < 4.78 is 0. The van der Waals surface area contributed by atoms with Gasteiger partial charge in [-0.1, -0.05) is 11.8 Å². The summed E-state index contributed by atoms with van der Waals surface area (Å²) in [5.74, 6) is 5.82. The van der Waals surface area contributed by atoms with Gasteiger partial charge in [-0.2, -0.15) is 0 Å². The number of hydrogen-bond acceptors (Lipinski definition) is 4. The normalized spacial score (nSPS) is 18.3. The van der Waals surface area contributed by atoms with Crippen molar-refractivity contribution in [2.45, 2.75) is 25.9 Å². The Morgan fingerprint density at radius 3 is 3.05 bits per heavy atom. The molecule has 1 amide bonds. The minimum Gasteiger partial charge on any atom is -0.395 e. The van der Waals surface area contributed by atoms with Gasteiger partial charge in [0, 0.05) is 19.5 Å². The molecular formula is C14H17NO3S. The fraction of sp³-hybridized carbons (Fsp3) is 0.500. The fourth-order valence-corrected chi connectivity index (χ4v) is 3.01. The zero-order valence-corrected chi connectivity index (χ0v) is 11.7. The Labute approximate surface area is 116 Å². The molecule has 2 N–H and O–H groups in total. The Morgan fingerprint density at radius 2 is 2.42 bits per heavy atom. The lowest BCUT2D eigenvalue weighted by Gasteiger charge is -2.13. The van der Waals surface area contributed by atoms with Gasteiger partial charge < -0.3 is 15.1 Å². The highest BCUT2D eigenvalue weighted by molar-refractivity contribution is 7.14. The summed E-state index contributed by atoms with van der Waals surface area (Å²) in [5, 5.41) is 18.2. The first-order chi connectivity index (χ1) is 9.11. The molecule has 1 saturated heterocycles. The van der Waals surface area contributed by atoms with Crippen LogP contribution in [0.1, 0.15) is 33.0 Å². The van der Waals surface area contributed by atoms with Crippen LogP contribution in [0, 0.1) is 18.8 Å². The highest BCUT2D eigenvalue weighted by Crippen LogP contribution is 2.24. The molecule has 0 saturated carbocycles. The maximum atomic E-state index is 12.2. The summed E-state index contributed by atoms with van der Waals surface area (Å²) >= 11 is 1.38. The van der Waals surface area contributed by atoms with E-state index in [1.54, 1.807) is 4.90 Å². The Morgan fingerprint density at radius 1 is 1.63 bits per heavy atom. The molecule has 0 aromatic carbocycles. The van der Waals surface area contributed by atoms with Gasteiger partial charge in [-0.05, 0) is 25.0 Å². The highest BCUT2D eigenvalue weighted by atomic mass is 32.1. The van der Waals surface area contributed by atoms with Gasteiger partial charge in [0.2, 0.25) is 0 Å². The number of β-amino-alcohol motifs (C(OH)–C–C–N with tert-alkyl or cyclic N) is 1. The second-order valence-electron chi connectivity index (χ2n) is 4.59. The molecule has 1 atom stereocenters. The first kappa shape index (κ1) is 14.1. The number of carbonyl (C=O) groups is 1. The van der Waals surface area contributed by atoms with Gasteiger partial charge in [0.15, 0.2) is 0 Å². The van der Waals surface area contributed by atoms with Gasteiger partial charge in [-0.3, -0.25) is 4.79 Å². The number of rotatable bonds is 2. The lowest BCUT2D eigenvalue weighted by Crippen LogP contribution is -2.28. The molecule has 2 heterocycles. The second kappa shape index (κ2) is 6.20. The number of amides is 1. The Hall–Kier alpha value is -1.35. The molecule has 5 heteroatoms. The number of carbonyl (C=O) groups excluding carboxylic acids is 1. The molecule has 1 aliphatic rings. The van der Waals surface area contributed by atoms with E-state index in [1.165, 1.54) is 11.3 Å². The van der Waals surface area contributed by atoms with Crippen molar-refractivity contribution in [2.75, 3.05) is 19.7 Å². The first-order valence-electron chi connectivity index (χ1n) is 6.29. The van der Waals surface area contributed by atoms with Crippen molar-refractivity contribution in [1.82, 2.24) is 4.90 Å². The second-order valence-corrected chi connectivity index (χ2v) is 5.64. The Balaban J connectivity index is 2.11. The van der Waals surface area contributed by atoms with Crippen LogP contribution < -0.4 is 0 Å². The quantitative estimate of drug-likeness (QED) is 0.794. The fourth-order valence-electron chi connectivity index (χ4n) is 1.99. The average molecular weight is 279 g/mol. The molecule has 0 bridgehead atoms. The van der Waals surface area contributed by atoms with Crippen molar-refractivity contribution in [3.63, 3.8) is 0 Å². The number of aliphatic hydroxyl groups is 2. The first-order valence-corrected chi connectivity index (χ1v) is 7.11. The summed E-state index contributed by atoms with van der Waals surface area (Å²) in [5.41, 5.74) is 0.985. The van der Waals surface area contributed by atoms with Gasteiger partial charge in [-0.25, -0.2) is 0 Å². The summed E-state index contributed by atoms with van der Waals surface area (Å²) in [6, 6.07) is 1.85. The van der Waals surface area contributed by atoms with Crippen LogP contribution in [0.5, 0.6) is 0 Å². The molecule has 2 rings (SSSR count). The number of thiophene rings is 1. The third kappa shape index (κ3) is 3.35. The minimum atomic E-state index is -0.395. The van der Waals surface area contributed by atoms with E-state index in [1.807, 2.05) is 13.0 Å². The van der Waals surface area contributed by atoms with Crippen molar-refractivity contribution < 1.29 is 15.0 Å². The summed E-state index contributed by atoms with van der Waals surface area (Å²) in [6.07, 6.45) is 0.701. The maximum absolute atomic E-state index is 12.2. The lowest BCUT2D eigenvalue weighted by molar-refractivity contribution is 0.0769. The van der Waals surface area contributed by atoms with Gasteiger partial charge in [-0.15, -0.1) is 11.3 Å². The average Bonchev–Trinajstić information content (AvgIpc) is 2.96. The molecule has 1 aromatic rings. The molecule has 1 unspecified atom stereocenters. The molecule has 0 aliphatic carbocycles. The summed E-state index contributed by atoms with van der Waals surface area (Å²) in [6.45, 7) is 3.01. The van der Waals surface area contributed by atoms with Gasteiger partial charge >= 0.3 is 0 Å². The lowest BCUT2D eigenvalue weighted by atomic mass is 10.2. The molecule has 102 valence electrons. The summed E-state index contributed by atoms with van der Waals surface area (Å²) in [4.78, 5) is 15.4. The van der Waals surface area contributed by atoms with Crippen molar-refractivity contribution in [2.24, 2.45) is 0 Å². The van der Waals surface area contributed by atoms with Crippen LogP contribution in [0.2, 0.25) is 0 Å². The van der Waals surface area contributed by atoms with E-state index in [0.717, 1.165) is 10.4 Å². The number of nitrogens with zero attached hydrogens (tertiary/aromatic N) is 1. The molecule has 4 nitrogen and oxygen atoms in total. The van der Waals surface area contributed by atoms with Gasteiger partial charge in [0.05, 0.1) is 22.5 Å². The monoisotopic (exact) mass is 279 g/mol. The summed E-state index contributed by atoms with van der Waals surface area (Å²) in [7, 11) is 0. The molecule has 0 radical (unpaired) electrons. The van der Waals surface area contributed by atoms with Crippen LogP contribution >= 0.6 is 11.3 Å². The minimum absolute atomic E-state index is 0.0279. The third-order valence-electron chi connectivity index (χ3n) is 3.02. The highest BCUT2D eigenvalue weighted by Gasteiger charge is 2.26. The van der Waals surface area contributed by atoms with Crippen LogP contribution in [-0.4, -0.2) is 46.8 Å². The smallest absolute Gasteiger partial charge is 0.264 e. The van der Waals surface area contributed by atoms with Crippen LogP contribution in [-0.2, 0) is 0 Å². The van der Waals surface area contributed by atoms with Crippen LogP contribution in [0.3, 0.4) is 0 Å². The third-order valence-corrected chi connectivity index (χ3v) is 4.16. The molecule has 19 heavy (non-hydrogen) atoms. The van der Waals surface area contributed by atoms with Crippen molar-refractivity contribution in [3.8, 4) is 11.8 Å². The molecule has 1 aromatic heterocycles. The van der Waals surface area contributed by atoms with Crippen molar-refractivity contribution in [1.29, 1.82) is 0 Å². The zero-order valence-electron chi connectivity index (χ0n) is 10.8. The van der Waals surface area contributed by atoms with E-state index in [4.69, 9.17) is 5.11 Å². The number of hydrogen-bond donors (Lipinski definition) is 2. The zero-order chi connectivity index (χ0) is 13.8. The van der Waals surface area contributed by atoms with E-state index < -0.39 is 6.10 Å². The van der Waals surface area contributed by atoms with Crippen LogP contribution in [0.25, 0.3) is 0 Å². The predicted molar refractivity (Wildman–Crippen MR) is 74.2 cm³/mol. The molecule has 1 fully saturated rings.